The summed E-state index contributed by atoms with van der Waals surface area (Å²) in [4.78, 5) is 10.2. The van der Waals surface area contributed by atoms with E-state index in [9.17, 15) is 0 Å². The minimum absolute atomic E-state index is 0.0981. The topological polar surface area (TPSA) is 63.6 Å². The van der Waals surface area contributed by atoms with E-state index in [4.69, 9.17) is 10.8 Å². The molecule has 116 valence electrons. The van der Waals surface area contributed by atoms with Crippen LogP contribution < -0.4 is 5.84 Å². The fraction of sp³-hybridized carbons (Fsp3) is 0.118. The summed E-state index contributed by atoms with van der Waals surface area (Å²) in [6.07, 6.45) is 1.75. The smallest absolute Gasteiger partial charge is 0.111 e. The highest BCUT2D eigenvalue weighted by atomic mass is 32.1. The van der Waals surface area contributed by atoms with Crippen LogP contribution in [0.2, 0.25) is 0 Å². The molecule has 0 fully saturated rings. The zero-order valence-electron chi connectivity index (χ0n) is 12.6. The van der Waals surface area contributed by atoms with Crippen LogP contribution in [-0.2, 0) is 0 Å². The lowest BCUT2D eigenvalue weighted by Crippen LogP contribution is -2.07. The lowest BCUT2D eigenvalue weighted by molar-refractivity contribution is 0.885. The molecule has 1 atom stereocenters. The molecule has 3 rings (SSSR count). The van der Waals surface area contributed by atoms with Gasteiger partial charge in [0.1, 0.15) is 11.8 Å². The Bertz CT molecular complexity index is 804. The molecule has 2 heterocycles. The number of aryl methyl sites for hydroxylation is 1. The number of nitrogens with zero attached hydrogens (tertiary/aromatic N) is 3. The van der Waals surface area contributed by atoms with E-state index in [0.29, 0.717) is 5.71 Å². The largest absolute Gasteiger partial charge is 0.323 e. The number of benzene rings is 1. The summed E-state index contributed by atoms with van der Waals surface area (Å²) >= 11 is 3.22. The number of hydrazone groups is 1. The SMILES string of the molecule is Cc1ncsc1C(N=CC(=NN)c1ccsc1)c1ccccc1. The van der Waals surface area contributed by atoms with Crippen molar-refractivity contribution in [3.63, 3.8) is 0 Å². The van der Waals surface area contributed by atoms with Gasteiger partial charge in [0.15, 0.2) is 0 Å². The van der Waals surface area contributed by atoms with Gasteiger partial charge in [-0.2, -0.15) is 16.4 Å². The van der Waals surface area contributed by atoms with Crippen LogP contribution in [-0.4, -0.2) is 16.9 Å². The molecule has 0 bridgehead atoms. The van der Waals surface area contributed by atoms with Crippen LogP contribution >= 0.6 is 22.7 Å². The third kappa shape index (κ3) is 3.55. The molecule has 2 aromatic heterocycles. The lowest BCUT2D eigenvalue weighted by Gasteiger charge is -2.12. The first-order chi connectivity index (χ1) is 11.3. The molecule has 23 heavy (non-hydrogen) atoms. The van der Waals surface area contributed by atoms with Gasteiger partial charge in [0, 0.05) is 10.9 Å². The molecule has 0 aliphatic heterocycles. The van der Waals surface area contributed by atoms with Gasteiger partial charge in [0.2, 0.25) is 0 Å². The number of thiophene rings is 1. The molecule has 0 saturated heterocycles. The zero-order chi connectivity index (χ0) is 16.1. The Morgan fingerprint density at radius 1 is 1.26 bits per heavy atom. The first-order valence-corrected chi connectivity index (χ1v) is 8.90. The number of nitrogens with two attached hydrogens (primary N) is 1. The highest BCUT2D eigenvalue weighted by molar-refractivity contribution is 7.09. The van der Waals surface area contributed by atoms with Crippen molar-refractivity contribution in [1.29, 1.82) is 0 Å². The Kier molecular flexibility index (Phi) is 4.95. The summed E-state index contributed by atoms with van der Waals surface area (Å²) < 4.78 is 0. The monoisotopic (exact) mass is 340 g/mol. The Hall–Kier alpha value is -2.31. The first kappa shape index (κ1) is 15.6. The van der Waals surface area contributed by atoms with Gasteiger partial charge in [-0.25, -0.2) is 4.98 Å². The Balaban J connectivity index is 1.97. The van der Waals surface area contributed by atoms with Gasteiger partial charge in [-0.05, 0) is 23.9 Å². The molecule has 0 radical (unpaired) electrons. The number of hydrogen-bond donors (Lipinski definition) is 1. The maximum atomic E-state index is 5.53. The van der Waals surface area contributed by atoms with E-state index in [1.807, 2.05) is 47.5 Å². The zero-order valence-corrected chi connectivity index (χ0v) is 14.2. The Morgan fingerprint density at radius 2 is 2.09 bits per heavy atom. The van der Waals surface area contributed by atoms with Crippen LogP contribution in [0.5, 0.6) is 0 Å². The standard InChI is InChI=1S/C17H16N4S2/c1-12-17(23-11-20-12)16(13-5-3-2-4-6-13)19-9-15(21-18)14-7-8-22-10-14/h2-11,16H,18H2,1H3. The average Bonchev–Trinajstić information content (AvgIpc) is 3.25. The number of hydrogen-bond acceptors (Lipinski definition) is 6. The van der Waals surface area contributed by atoms with Crippen LogP contribution in [0.15, 0.2) is 62.8 Å². The quantitative estimate of drug-likeness (QED) is 0.433. The van der Waals surface area contributed by atoms with Crippen molar-refractivity contribution in [2.75, 3.05) is 0 Å². The van der Waals surface area contributed by atoms with E-state index in [0.717, 1.165) is 21.7 Å². The molecule has 6 heteroatoms. The van der Waals surface area contributed by atoms with Crippen molar-refractivity contribution in [2.45, 2.75) is 13.0 Å². The van der Waals surface area contributed by atoms with Crippen LogP contribution in [0, 0.1) is 6.92 Å². The summed E-state index contributed by atoms with van der Waals surface area (Å²) in [5.41, 5.74) is 5.64. The van der Waals surface area contributed by atoms with Gasteiger partial charge >= 0.3 is 0 Å². The van der Waals surface area contributed by atoms with Gasteiger partial charge < -0.3 is 5.84 Å². The molecule has 1 unspecified atom stereocenters. The van der Waals surface area contributed by atoms with E-state index in [-0.39, 0.29) is 6.04 Å². The summed E-state index contributed by atoms with van der Waals surface area (Å²) in [6.45, 7) is 2.01. The predicted molar refractivity (Wildman–Crippen MR) is 98.7 cm³/mol. The fourth-order valence-corrected chi connectivity index (χ4v) is 3.77. The molecule has 3 aromatic rings. The molecule has 0 aliphatic rings. The number of thiazole rings is 1. The molecule has 0 saturated carbocycles. The number of aromatic nitrogens is 1. The predicted octanol–water partition coefficient (Wildman–Crippen LogP) is 4.04. The van der Waals surface area contributed by atoms with Crippen molar-refractivity contribution < 1.29 is 0 Å². The van der Waals surface area contributed by atoms with Gasteiger partial charge in [-0.15, -0.1) is 11.3 Å². The molecule has 0 amide bonds. The van der Waals surface area contributed by atoms with E-state index in [1.165, 1.54) is 0 Å². The molecule has 4 nitrogen and oxygen atoms in total. The molecule has 0 aliphatic carbocycles. The minimum atomic E-state index is -0.0981. The first-order valence-electron chi connectivity index (χ1n) is 7.08. The summed E-state index contributed by atoms with van der Waals surface area (Å²) in [5.74, 6) is 5.53. The highest BCUT2D eigenvalue weighted by Crippen LogP contribution is 2.31. The van der Waals surface area contributed by atoms with E-state index in [1.54, 1.807) is 28.9 Å². The molecular formula is C17H16N4S2. The highest BCUT2D eigenvalue weighted by Gasteiger charge is 2.17. The van der Waals surface area contributed by atoms with Gasteiger partial charge in [-0.1, -0.05) is 30.3 Å². The Labute approximate surface area is 143 Å². The van der Waals surface area contributed by atoms with Crippen LogP contribution in [0.4, 0.5) is 0 Å². The third-order valence-corrected chi connectivity index (χ3v) is 5.11. The maximum absolute atomic E-state index is 5.53. The average molecular weight is 340 g/mol. The van der Waals surface area contributed by atoms with Crippen molar-refractivity contribution >= 4 is 34.6 Å². The maximum Gasteiger partial charge on any atom is 0.111 e. The van der Waals surface area contributed by atoms with Gasteiger partial charge in [0.25, 0.3) is 0 Å². The van der Waals surface area contributed by atoms with Crippen molar-refractivity contribution in [2.24, 2.45) is 15.9 Å². The third-order valence-electron chi connectivity index (χ3n) is 3.45. The van der Waals surface area contributed by atoms with Crippen molar-refractivity contribution in [3.8, 4) is 0 Å². The van der Waals surface area contributed by atoms with E-state index < -0.39 is 0 Å². The summed E-state index contributed by atoms with van der Waals surface area (Å²) in [5, 5.41) is 7.87. The molecule has 2 N–H and O–H groups in total. The van der Waals surface area contributed by atoms with Crippen molar-refractivity contribution in [3.05, 3.63) is 74.4 Å². The molecule has 0 spiro atoms. The Morgan fingerprint density at radius 3 is 2.70 bits per heavy atom. The second kappa shape index (κ2) is 7.30. The minimum Gasteiger partial charge on any atom is -0.323 e. The molecule has 1 aromatic carbocycles. The van der Waals surface area contributed by atoms with Crippen LogP contribution in [0.3, 0.4) is 0 Å². The van der Waals surface area contributed by atoms with Crippen LogP contribution in [0.25, 0.3) is 0 Å². The van der Waals surface area contributed by atoms with E-state index in [2.05, 4.69) is 22.2 Å². The lowest BCUT2D eigenvalue weighted by atomic mass is 10.0. The fourth-order valence-electron chi connectivity index (χ4n) is 2.25. The normalized spacial score (nSPS) is 13.5. The second-order valence-corrected chi connectivity index (χ2v) is 6.59. The molecular weight excluding hydrogens is 324 g/mol. The van der Waals surface area contributed by atoms with Gasteiger partial charge in [-0.3, -0.25) is 4.99 Å². The summed E-state index contributed by atoms with van der Waals surface area (Å²) in [6, 6.07) is 12.1. The number of rotatable bonds is 5. The van der Waals surface area contributed by atoms with E-state index >= 15 is 0 Å². The summed E-state index contributed by atoms with van der Waals surface area (Å²) in [7, 11) is 0. The second-order valence-electron chi connectivity index (χ2n) is 4.92. The van der Waals surface area contributed by atoms with Gasteiger partial charge in [0.05, 0.1) is 22.3 Å². The van der Waals surface area contributed by atoms with Crippen LogP contribution in [0.1, 0.15) is 27.7 Å². The van der Waals surface area contributed by atoms with Crippen molar-refractivity contribution in [1.82, 2.24) is 4.98 Å². The number of aliphatic imine (C=N–C) groups is 1.